The molecule has 0 radical (unpaired) electrons. The molecule has 1 aromatic carbocycles. The number of aliphatic hydroxyl groups is 1. The fourth-order valence-corrected chi connectivity index (χ4v) is 2.24. The first-order valence-corrected chi connectivity index (χ1v) is 7.85. The Labute approximate surface area is 148 Å². The molecule has 25 heavy (non-hydrogen) atoms. The topological polar surface area (TPSA) is 95.9 Å². The van der Waals surface area contributed by atoms with Gasteiger partial charge >= 0.3 is 0 Å². The SMILES string of the molecule is CC(C)(CO)Nc1ncc2ncnc(Nc3ccc(F)c(Cl)c3)c2n1. The van der Waals surface area contributed by atoms with Gasteiger partial charge in [0.05, 0.1) is 23.4 Å². The minimum absolute atomic E-state index is 0.00467. The van der Waals surface area contributed by atoms with Crippen LogP contribution in [0.4, 0.5) is 21.8 Å². The highest BCUT2D eigenvalue weighted by atomic mass is 35.5. The molecule has 130 valence electrons. The Morgan fingerprint density at radius 2 is 2.04 bits per heavy atom. The summed E-state index contributed by atoms with van der Waals surface area (Å²) in [6.07, 6.45) is 2.94. The lowest BCUT2D eigenvalue weighted by Gasteiger charge is -2.23. The summed E-state index contributed by atoms with van der Waals surface area (Å²) in [5.41, 5.74) is 1.00. The van der Waals surface area contributed by atoms with E-state index in [2.05, 4.69) is 30.6 Å². The van der Waals surface area contributed by atoms with E-state index in [-0.39, 0.29) is 11.6 Å². The zero-order chi connectivity index (χ0) is 18.0. The molecule has 3 aromatic rings. The summed E-state index contributed by atoms with van der Waals surface area (Å²) in [6.45, 7) is 3.56. The van der Waals surface area contributed by atoms with E-state index >= 15 is 0 Å². The summed E-state index contributed by atoms with van der Waals surface area (Å²) in [5.74, 6) is 0.265. The van der Waals surface area contributed by atoms with Crippen LogP contribution in [0, 0.1) is 5.82 Å². The molecule has 3 N–H and O–H groups in total. The average molecular weight is 363 g/mol. The third-order valence-electron chi connectivity index (χ3n) is 3.41. The Morgan fingerprint density at radius 1 is 1.24 bits per heavy atom. The second-order valence-corrected chi connectivity index (χ2v) is 6.48. The lowest BCUT2D eigenvalue weighted by molar-refractivity contribution is 0.233. The van der Waals surface area contributed by atoms with E-state index in [0.29, 0.717) is 28.5 Å². The summed E-state index contributed by atoms with van der Waals surface area (Å²) in [7, 11) is 0. The summed E-state index contributed by atoms with van der Waals surface area (Å²) < 4.78 is 13.3. The number of halogens is 2. The maximum Gasteiger partial charge on any atom is 0.223 e. The van der Waals surface area contributed by atoms with Gasteiger partial charge in [0.2, 0.25) is 5.95 Å². The number of fused-ring (bicyclic) bond motifs is 1. The normalized spacial score (nSPS) is 11.6. The molecular weight excluding hydrogens is 347 g/mol. The van der Waals surface area contributed by atoms with Gasteiger partial charge in [-0.2, -0.15) is 0 Å². The van der Waals surface area contributed by atoms with Gasteiger partial charge in [0, 0.05) is 5.69 Å². The minimum atomic E-state index is -0.582. The van der Waals surface area contributed by atoms with E-state index in [1.54, 1.807) is 12.3 Å². The van der Waals surface area contributed by atoms with Crippen molar-refractivity contribution >= 4 is 40.1 Å². The lowest BCUT2D eigenvalue weighted by atomic mass is 10.1. The molecule has 0 unspecified atom stereocenters. The number of hydrogen-bond acceptors (Lipinski definition) is 7. The minimum Gasteiger partial charge on any atom is -0.394 e. The van der Waals surface area contributed by atoms with Crippen LogP contribution in [-0.4, -0.2) is 37.2 Å². The number of rotatable bonds is 5. The monoisotopic (exact) mass is 362 g/mol. The van der Waals surface area contributed by atoms with Crippen LogP contribution >= 0.6 is 11.6 Å². The van der Waals surface area contributed by atoms with E-state index in [1.165, 1.54) is 18.5 Å². The van der Waals surface area contributed by atoms with Crippen LogP contribution in [0.25, 0.3) is 11.0 Å². The third-order valence-corrected chi connectivity index (χ3v) is 3.69. The zero-order valence-electron chi connectivity index (χ0n) is 13.6. The van der Waals surface area contributed by atoms with Crippen LogP contribution in [0.15, 0.2) is 30.7 Å². The van der Waals surface area contributed by atoms with E-state index in [0.717, 1.165) is 0 Å². The van der Waals surface area contributed by atoms with Crippen molar-refractivity contribution < 1.29 is 9.50 Å². The lowest BCUT2D eigenvalue weighted by Crippen LogP contribution is -2.35. The molecule has 7 nitrogen and oxygen atoms in total. The van der Waals surface area contributed by atoms with Crippen molar-refractivity contribution in [3.63, 3.8) is 0 Å². The summed E-state index contributed by atoms with van der Waals surface area (Å²) >= 11 is 5.81. The number of nitrogens with zero attached hydrogens (tertiary/aromatic N) is 4. The molecule has 0 spiro atoms. The number of aliphatic hydroxyl groups excluding tert-OH is 1. The maximum absolute atomic E-state index is 13.3. The van der Waals surface area contributed by atoms with Crippen molar-refractivity contribution in [1.29, 1.82) is 0 Å². The molecule has 0 atom stereocenters. The predicted molar refractivity (Wildman–Crippen MR) is 94.6 cm³/mol. The van der Waals surface area contributed by atoms with Crippen LogP contribution in [0.5, 0.6) is 0 Å². The van der Waals surface area contributed by atoms with Crippen LogP contribution in [0.1, 0.15) is 13.8 Å². The van der Waals surface area contributed by atoms with E-state index in [9.17, 15) is 9.50 Å². The second kappa shape index (κ2) is 6.73. The number of nitrogens with one attached hydrogen (secondary N) is 2. The number of anilines is 3. The Hall–Kier alpha value is -2.58. The quantitative estimate of drug-likeness (QED) is 0.641. The first kappa shape index (κ1) is 17.2. The van der Waals surface area contributed by atoms with Gasteiger partial charge < -0.3 is 15.7 Å². The fourth-order valence-electron chi connectivity index (χ4n) is 2.06. The smallest absolute Gasteiger partial charge is 0.223 e. The number of benzene rings is 1. The molecule has 0 saturated heterocycles. The molecule has 0 aliphatic heterocycles. The van der Waals surface area contributed by atoms with Gasteiger partial charge in [-0.3, -0.25) is 0 Å². The molecular formula is C16H16ClFN6O. The van der Waals surface area contributed by atoms with E-state index < -0.39 is 11.4 Å². The Kier molecular flexibility index (Phi) is 4.65. The number of aromatic nitrogens is 4. The summed E-state index contributed by atoms with van der Waals surface area (Å²) in [5, 5.41) is 15.5. The fraction of sp³-hybridized carbons (Fsp3) is 0.250. The Balaban J connectivity index is 1.98. The summed E-state index contributed by atoms with van der Waals surface area (Å²) in [6, 6.07) is 4.27. The van der Waals surface area contributed by atoms with Crippen molar-refractivity contribution in [2.75, 3.05) is 17.2 Å². The van der Waals surface area contributed by atoms with Gasteiger partial charge in [0.15, 0.2) is 5.82 Å². The van der Waals surface area contributed by atoms with Crippen LogP contribution in [-0.2, 0) is 0 Å². The van der Waals surface area contributed by atoms with Gasteiger partial charge in [0.25, 0.3) is 0 Å². The molecule has 0 fully saturated rings. The van der Waals surface area contributed by atoms with Gasteiger partial charge in [-0.25, -0.2) is 24.3 Å². The molecule has 0 aliphatic rings. The Bertz CT molecular complexity index is 920. The van der Waals surface area contributed by atoms with Crippen molar-refractivity contribution in [2.24, 2.45) is 0 Å². The van der Waals surface area contributed by atoms with E-state index in [1.807, 2.05) is 13.8 Å². The maximum atomic E-state index is 13.3. The predicted octanol–water partition coefficient (Wildman–Crippen LogP) is 3.14. The van der Waals surface area contributed by atoms with E-state index in [4.69, 9.17) is 11.6 Å². The average Bonchev–Trinajstić information content (AvgIpc) is 2.58. The van der Waals surface area contributed by atoms with Gasteiger partial charge in [-0.15, -0.1) is 0 Å². The van der Waals surface area contributed by atoms with Gasteiger partial charge in [-0.1, -0.05) is 11.6 Å². The van der Waals surface area contributed by atoms with Crippen molar-refractivity contribution in [2.45, 2.75) is 19.4 Å². The first-order valence-electron chi connectivity index (χ1n) is 7.47. The molecule has 9 heteroatoms. The highest BCUT2D eigenvalue weighted by Gasteiger charge is 2.18. The summed E-state index contributed by atoms with van der Waals surface area (Å²) in [4.78, 5) is 16.9. The molecule has 2 heterocycles. The van der Waals surface area contributed by atoms with Crippen LogP contribution in [0.2, 0.25) is 5.02 Å². The van der Waals surface area contributed by atoms with Crippen LogP contribution in [0.3, 0.4) is 0 Å². The first-order chi connectivity index (χ1) is 11.9. The van der Waals surface area contributed by atoms with Crippen molar-refractivity contribution in [3.05, 3.63) is 41.6 Å². The third kappa shape index (κ3) is 3.92. The zero-order valence-corrected chi connectivity index (χ0v) is 14.3. The molecule has 3 rings (SSSR count). The highest BCUT2D eigenvalue weighted by Crippen LogP contribution is 2.25. The van der Waals surface area contributed by atoms with Crippen molar-refractivity contribution in [3.8, 4) is 0 Å². The van der Waals surface area contributed by atoms with Crippen molar-refractivity contribution in [1.82, 2.24) is 19.9 Å². The van der Waals surface area contributed by atoms with Crippen LogP contribution < -0.4 is 10.6 Å². The number of hydrogen-bond donors (Lipinski definition) is 3. The second-order valence-electron chi connectivity index (χ2n) is 6.07. The molecule has 0 aliphatic carbocycles. The largest absolute Gasteiger partial charge is 0.394 e. The molecule has 0 bridgehead atoms. The molecule has 0 amide bonds. The molecule has 0 saturated carbocycles. The van der Waals surface area contributed by atoms with Gasteiger partial charge in [-0.05, 0) is 32.0 Å². The molecule has 2 aromatic heterocycles. The highest BCUT2D eigenvalue weighted by molar-refractivity contribution is 6.31. The Morgan fingerprint density at radius 3 is 2.76 bits per heavy atom. The van der Waals surface area contributed by atoms with Gasteiger partial charge in [0.1, 0.15) is 23.2 Å². The standard InChI is InChI=1S/C16H16ClFN6O/c1-16(2,7-25)24-15-19-6-12-13(23-15)14(21-8-20-12)22-9-3-4-11(18)10(17)5-9/h3-6,8,25H,7H2,1-2H3,(H,19,23,24)(H,20,21,22).